The van der Waals surface area contributed by atoms with E-state index in [9.17, 15) is 14.4 Å². The zero-order valence-electron chi connectivity index (χ0n) is 14.6. The number of carbonyl (C=O) groups is 3. The number of likely N-dealkylation sites (tertiary alicyclic amines) is 1. The Morgan fingerprint density at radius 1 is 1.28 bits per heavy atom. The van der Waals surface area contributed by atoms with Crippen LogP contribution in [0.2, 0.25) is 0 Å². The molecule has 3 atom stereocenters. The van der Waals surface area contributed by atoms with Crippen molar-refractivity contribution < 1.29 is 19.1 Å². The van der Waals surface area contributed by atoms with Crippen molar-refractivity contribution in [3.05, 3.63) is 35.9 Å². The SMILES string of the molecule is CC(C)CC(NC(=O)c1ccccc1)C(=O)N1CC[C@@H]2OCC(=O)C21. The van der Waals surface area contributed by atoms with Crippen molar-refractivity contribution in [3.63, 3.8) is 0 Å². The Morgan fingerprint density at radius 3 is 2.68 bits per heavy atom. The van der Waals surface area contributed by atoms with E-state index in [0.29, 0.717) is 24.9 Å². The number of rotatable bonds is 5. The molecule has 0 radical (unpaired) electrons. The van der Waals surface area contributed by atoms with Gasteiger partial charge in [0, 0.05) is 12.1 Å². The average molecular weight is 344 g/mol. The van der Waals surface area contributed by atoms with Crippen molar-refractivity contribution >= 4 is 17.6 Å². The van der Waals surface area contributed by atoms with Crippen LogP contribution in [-0.2, 0) is 14.3 Å². The Morgan fingerprint density at radius 2 is 2.00 bits per heavy atom. The van der Waals surface area contributed by atoms with Gasteiger partial charge in [-0.2, -0.15) is 0 Å². The van der Waals surface area contributed by atoms with Gasteiger partial charge in [0.15, 0.2) is 5.78 Å². The minimum Gasteiger partial charge on any atom is -0.368 e. The number of hydrogen-bond donors (Lipinski definition) is 1. The number of amides is 2. The summed E-state index contributed by atoms with van der Waals surface area (Å²) >= 11 is 0. The Hall–Kier alpha value is -2.21. The lowest BCUT2D eigenvalue weighted by atomic mass is 10.0. The van der Waals surface area contributed by atoms with Crippen LogP contribution in [0.3, 0.4) is 0 Å². The highest BCUT2D eigenvalue weighted by Crippen LogP contribution is 2.28. The summed E-state index contributed by atoms with van der Waals surface area (Å²) in [5, 5.41) is 2.85. The second-order valence-corrected chi connectivity index (χ2v) is 7.10. The third-order valence-corrected chi connectivity index (χ3v) is 4.74. The molecule has 0 bridgehead atoms. The average Bonchev–Trinajstić information content (AvgIpc) is 3.17. The summed E-state index contributed by atoms with van der Waals surface area (Å²) in [6, 6.07) is 7.71. The number of nitrogens with one attached hydrogen (secondary N) is 1. The number of Topliss-reactive ketones (excluding diaryl/α,β-unsaturated/α-hetero) is 1. The summed E-state index contributed by atoms with van der Waals surface area (Å²) in [5.74, 6) is -0.277. The molecular formula is C19H24N2O4. The molecule has 0 aromatic heterocycles. The van der Waals surface area contributed by atoms with Gasteiger partial charge >= 0.3 is 0 Å². The minimum absolute atomic E-state index is 0.0477. The molecule has 1 N–H and O–H groups in total. The maximum absolute atomic E-state index is 13.0. The van der Waals surface area contributed by atoms with Gasteiger partial charge in [0.1, 0.15) is 18.7 Å². The zero-order valence-corrected chi connectivity index (χ0v) is 14.6. The second kappa shape index (κ2) is 7.35. The first-order chi connectivity index (χ1) is 12.0. The highest BCUT2D eigenvalue weighted by molar-refractivity contribution is 5.99. The van der Waals surface area contributed by atoms with Gasteiger partial charge in [-0.3, -0.25) is 14.4 Å². The Kier molecular flexibility index (Phi) is 5.18. The van der Waals surface area contributed by atoms with E-state index in [1.54, 1.807) is 29.2 Å². The van der Waals surface area contributed by atoms with Crippen LogP contribution in [0.4, 0.5) is 0 Å². The molecule has 0 saturated carbocycles. The molecule has 0 spiro atoms. The summed E-state index contributed by atoms with van der Waals surface area (Å²) < 4.78 is 5.45. The van der Waals surface area contributed by atoms with Crippen molar-refractivity contribution in [2.45, 2.75) is 44.9 Å². The molecule has 0 aliphatic carbocycles. The predicted molar refractivity (Wildman–Crippen MR) is 92.0 cm³/mol. The van der Waals surface area contributed by atoms with Gasteiger partial charge in [-0.1, -0.05) is 32.0 Å². The molecule has 2 saturated heterocycles. The number of hydrogen-bond acceptors (Lipinski definition) is 4. The summed E-state index contributed by atoms with van der Waals surface area (Å²) in [4.78, 5) is 39.2. The molecule has 2 fully saturated rings. The van der Waals surface area contributed by atoms with E-state index < -0.39 is 12.1 Å². The van der Waals surface area contributed by atoms with Crippen molar-refractivity contribution in [2.75, 3.05) is 13.2 Å². The number of ketones is 1. The van der Waals surface area contributed by atoms with Crippen molar-refractivity contribution in [3.8, 4) is 0 Å². The number of carbonyl (C=O) groups excluding carboxylic acids is 3. The van der Waals surface area contributed by atoms with E-state index >= 15 is 0 Å². The van der Waals surface area contributed by atoms with Crippen LogP contribution < -0.4 is 5.32 Å². The number of benzene rings is 1. The summed E-state index contributed by atoms with van der Waals surface area (Å²) in [6.45, 7) is 4.58. The predicted octanol–water partition coefficient (Wildman–Crippen LogP) is 1.40. The van der Waals surface area contributed by atoms with Crippen LogP contribution in [0.1, 0.15) is 37.0 Å². The van der Waals surface area contributed by atoms with E-state index in [-0.39, 0.29) is 36.2 Å². The maximum atomic E-state index is 13.0. The van der Waals surface area contributed by atoms with Gasteiger partial charge in [-0.15, -0.1) is 0 Å². The van der Waals surface area contributed by atoms with Gasteiger partial charge in [0.2, 0.25) is 5.91 Å². The van der Waals surface area contributed by atoms with Crippen LogP contribution in [0.25, 0.3) is 0 Å². The van der Waals surface area contributed by atoms with Gasteiger partial charge in [0.25, 0.3) is 5.91 Å². The van der Waals surface area contributed by atoms with Crippen molar-refractivity contribution in [1.29, 1.82) is 0 Å². The second-order valence-electron chi connectivity index (χ2n) is 7.10. The molecule has 2 unspecified atom stereocenters. The lowest BCUT2D eigenvalue weighted by Crippen LogP contribution is -2.52. The van der Waals surface area contributed by atoms with E-state index in [4.69, 9.17) is 4.74 Å². The summed E-state index contributed by atoms with van der Waals surface area (Å²) in [5.41, 5.74) is 0.517. The van der Waals surface area contributed by atoms with Crippen LogP contribution in [0.15, 0.2) is 30.3 Å². The minimum atomic E-state index is -0.639. The molecule has 6 heteroatoms. The monoisotopic (exact) mass is 344 g/mol. The fourth-order valence-electron chi connectivity index (χ4n) is 3.57. The van der Waals surface area contributed by atoms with Crippen molar-refractivity contribution in [1.82, 2.24) is 10.2 Å². The van der Waals surface area contributed by atoms with Crippen LogP contribution >= 0.6 is 0 Å². The first kappa shape index (κ1) is 17.6. The molecule has 2 amide bonds. The van der Waals surface area contributed by atoms with Gasteiger partial charge in [0.05, 0.1) is 6.10 Å². The van der Waals surface area contributed by atoms with Gasteiger partial charge in [-0.25, -0.2) is 0 Å². The fraction of sp³-hybridized carbons (Fsp3) is 0.526. The Balaban J connectivity index is 1.75. The Bertz CT molecular complexity index is 659. The molecular weight excluding hydrogens is 320 g/mol. The van der Waals surface area contributed by atoms with E-state index in [1.165, 1.54) is 0 Å². The third-order valence-electron chi connectivity index (χ3n) is 4.74. The van der Waals surface area contributed by atoms with Crippen LogP contribution in [0.5, 0.6) is 0 Å². The lowest BCUT2D eigenvalue weighted by molar-refractivity contribution is -0.138. The van der Waals surface area contributed by atoms with E-state index in [2.05, 4.69) is 5.32 Å². The first-order valence-electron chi connectivity index (χ1n) is 8.78. The van der Waals surface area contributed by atoms with Crippen LogP contribution in [-0.4, -0.2) is 53.8 Å². The maximum Gasteiger partial charge on any atom is 0.251 e. The normalized spacial score (nSPS) is 23.6. The van der Waals surface area contributed by atoms with Gasteiger partial charge < -0.3 is 15.0 Å². The highest BCUT2D eigenvalue weighted by atomic mass is 16.5. The molecule has 3 rings (SSSR count). The fourth-order valence-corrected chi connectivity index (χ4v) is 3.57. The lowest BCUT2D eigenvalue weighted by Gasteiger charge is -2.28. The molecule has 25 heavy (non-hydrogen) atoms. The number of fused-ring (bicyclic) bond motifs is 1. The molecule has 1 aromatic rings. The smallest absolute Gasteiger partial charge is 0.251 e. The molecule has 2 aliphatic heterocycles. The topological polar surface area (TPSA) is 75.7 Å². The molecule has 2 heterocycles. The summed E-state index contributed by atoms with van der Waals surface area (Å²) in [7, 11) is 0. The Labute approximate surface area is 147 Å². The van der Waals surface area contributed by atoms with Gasteiger partial charge in [-0.05, 0) is 30.9 Å². The third kappa shape index (κ3) is 3.74. The van der Waals surface area contributed by atoms with E-state index in [1.807, 2.05) is 19.9 Å². The molecule has 6 nitrogen and oxygen atoms in total. The largest absolute Gasteiger partial charge is 0.368 e. The highest BCUT2D eigenvalue weighted by Gasteiger charge is 2.48. The number of nitrogens with zero attached hydrogens (tertiary/aromatic N) is 1. The molecule has 134 valence electrons. The van der Waals surface area contributed by atoms with Crippen LogP contribution in [0, 0.1) is 5.92 Å². The van der Waals surface area contributed by atoms with Crippen molar-refractivity contribution in [2.24, 2.45) is 5.92 Å². The first-order valence-corrected chi connectivity index (χ1v) is 8.78. The van der Waals surface area contributed by atoms with E-state index in [0.717, 1.165) is 0 Å². The zero-order chi connectivity index (χ0) is 18.0. The summed E-state index contributed by atoms with van der Waals surface area (Å²) in [6.07, 6.45) is 1.00. The quantitative estimate of drug-likeness (QED) is 0.876. The standard InChI is InChI=1S/C19H24N2O4/c1-12(2)10-14(20-18(23)13-6-4-3-5-7-13)19(24)21-9-8-16-17(21)15(22)11-25-16/h3-7,12,14,16-17H,8-11H2,1-2H3,(H,20,23)/t14?,16-,17?/m0/s1. The number of ether oxygens (including phenoxy) is 1. The molecule has 2 aliphatic rings. The molecule has 1 aromatic carbocycles.